The lowest BCUT2D eigenvalue weighted by Gasteiger charge is -2.12. The van der Waals surface area contributed by atoms with Crippen molar-refractivity contribution in [2.75, 3.05) is 7.11 Å². The van der Waals surface area contributed by atoms with Crippen LogP contribution in [0.5, 0.6) is 11.5 Å². The highest BCUT2D eigenvalue weighted by Crippen LogP contribution is 2.33. The first-order chi connectivity index (χ1) is 16.8. The maximum atomic E-state index is 12.5. The largest absolute Gasteiger partial charge is 0.493 e. The number of amidine groups is 1. The fourth-order valence-electron chi connectivity index (χ4n) is 3.33. The van der Waals surface area contributed by atoms with Gasteiger partial charge in [-0.1, -0.05) is 34.1 Å². The smallest absolute Gasteiger partial charge is 0.335 e. The van der Waals surface area contributed by atoms with E-state index in [4.69, 9.17) is 14.6 Å². The summed E-state index contributed by atoms with van der Waals surface area (Å²) in [5.41, 5.74) is 3.47. The van der Waals surface area contributed by atoms with Crippen molar-refractivity contribution < 1.29 is 24.2 Å². The quantitative estimate of drug-likeness (QED) is 0.352. The van der Waals surface area contributed by atoms with Crippen LogP contribution in [0.1, 0.15) is 27.0 Å². The number of carboxylic acid groups (broad SMARTS) is 1. The zero-order chi connectivity index (χ0) is 24.9. The van der Waals surface area contributed by atoms with Crippen molar-refractivity contribution in [3.8, 4) is 11.5 Å². The van der Waals surface area contributed by atoms with Crippen molar-refractivity contribution in [1.29, 1.82) is 0 Å². The Balaban J connectivity index is 1.49. The fourth-order valence-corrected chi connectivity index (χ4v) is 4.64. The Hall–Kier alpha value is -3.56. The van der Waals surface area contributed by atoms with Crippen LogP contribution in [-0.4, -0.2) is 29.3 Å². The molecule has 4 rings (SSSR count). The van der Waals surface area contributed by atoms with E-state index in [-0.39, 0.29) is 18.1 Å². The highest BCUT2D eigenvalue weighted by molar-refractivity contribution is 9.10. The molecular formula is C26H21BrN2O5S. The van der Waals surface area contributed by atoms with E-state index < -0.39 is 5.97 Å². The molecule has 2 N–H and O–H groups in total. The van der Waals surface area contributed by atoms with E-state index in [2.05, 4.69) is 26.2 Å². The van der Waals surface area contributed by atoms with E-state index >= 15 is 0 Å². The van der Waals surface area contributed by atoms with E-state index in [1.54, 1.807) is 36.4 Å². The lowest BCUT2D eigenvalue weighted by molar-refractivity contribution is -0.115. The number of halogens is 1. The number of aromatic carboxylic acids is 1. The van der Waals surface area contributed by atoms with Crippen molar-refractivity contribution in [2.24, 2.45) is 4.99 Å². The van der Waals surface area contributed by atoms with Crippen LogP contribution in [0.3, 0.4) is 0 Å². The number of carboxylic acids is 1. The molecule has 1 fully saturated rings. The second-order valence-electron chi connectivity index (χ2n) is 7.62. The molecule has 9 heteroatoms. The van der Waals surface area contributed by atoms with Gasteiger partial charge in [-0.05, 0) is 83.9 Å². The molecule has 0 saturated carbocycles. The zero-order valence-electron chi connectivity index (χ0n) is 18.9. The van der Waals surface area contributed by atoms with Crippen LogP contribution in [0.25, 0.3) is 6.08 Å². The molecule has 0 aliphatic carbocycles. The van der Waals surface area contributed by atoms with Crippen molar-refractivity contribution in [2.45, 2.75) is 13.5 Å². The Morgan fingerprint density at radius 1 is 1.14 bits per heavy atom. The number of aryl methyl sites for hydroxylation is 1. The first kappa shape index (κ1) is 24.6. The Morgan fingerprint density at radius 2 is 1.97 bits per heavy atom. The minimum Gasteiger partial charge on any atom is -0.493 e. The zero-order valence-corrected chi connectivity index (χ0v) is 21.3. The summed E-state index contributed by atoms with van der Waals surface area (Å²) in [5.74, 6) is -0.208. The van der Waals surface area contributed by atoms with Crippen LogP contribution in [0.2, 0.25) is 0 Å². The van der Waals surface area contributed by atoms with E-state index in [9.17, 15) is 9.59 Å². The number of rotatable bonds is 7. The van der Waals surface area contributed by atoms with Gasteiger partial charge in [-0.25, -0.2) is 9.79 Å². The van der Waals surface area contributed by atoms with Gasteiger partial charge in [0, 0.05) is 4.47 Å². The molecule has 0 unspecified atom stereocenters. The molecule has 3 aromatic rings. The summed E-state index contributed by atoms with van der Waals surface area (Å²) >= 11 is 4.71. The van der Waals surface area contributed by atoms with E-state index in [1.807, 2.05) is 31.2 Å². The lowest BCUT2D eigenvalue weighted by Crippen LogP contribution is -2.19. The topological polar surface area (TPSA) is 97.2 Å². The van der Waals surface area contributed by atoms with E-state index in [1.165, 1.54) is 24.9 Å². The molecule has 1 aliphatic rings. The lowest BCUT2D eigenvalue weighted by atomic mass is 10.1. The third-order valence-electron chi connectivity index (χ3n) is 5.09. The van der Waals surface area contributed by atoms with Gasteiger partial charge in [-0.15, -0.1) is 0 Å². The van der Waals surface area contributed by atoms with Crippen molar-refractivity contribution in [3.05, 3.63) is 92.3 Å². The molecule has 35 heavy (non-hydrogen) atoms. The predicted molar refractivity (Wildman–Crippen MR) is 140 cm³/mol. The summed E-state index contributed by atoms with van der Waals surface area (Å²) in [6.45, 7) is 2.15. The molecule has 0 atom stereocenters. The summed E-state index contributed by atoms with van der Waals surface area (Å²) in [6.07, 6.45) is 1.76. The molecule has 0 radical (unpaired) electrons. The summed E-state index contributed by atoms with van der Waals surface area (Å²) in [6, 6.07) is 17.7. The number of carbonyl (C=O) groups is 2. The summed E-state index contributed by atoms with van der Waals surface area (Å²) < 4.78 is 12.3. The summed E-state index contributed by atoms with van der Waals surface area (Å²) in [7, 11) is 1.53. The molecule has 1 saturated heterocycles. The van der Waals surface area contributed by atoms with Crippen LogP contribution < -0.4 is 14.8 Å². The number of hydrogen-bond donors (Lipinski definition) is 2. The Kier molecular flexibility index (Phi) is 7.57. The molecule has 7 nitrogen and oxygen atoms in total. The van der Waals surface area contributed by atoms with Crippen LogP contribution in [0.4, 0.5) is 5.69 Å². The predicted octanol–water partition coefficient (Wildman–Crippen LogP) is 5.93. The normalized spacial score (nSPS) is 15.3. The molecular weight excluding hydrogens is 532 g/mol. The Bertz CT molecular complexity index is 1370. The van der Waals surface area contributed by atoms with Gasteiger partial charge < -0.3 is 19.9 Å². The maximum Gasteiger partial charge on any atom is 0.335 e. The average Bonchev–Trinajstić information content (AvgIpc) is 3.18. The number of hydrogen-bond acceptors (Lipinski definition) is 6. The molecule has 0 aromatic heterocycles. The van der Waals surface area contributed by atoms with E-state index in [0.717, 1.165) is 26.9 Å². The number of nitrogens with one attached hydrogen (secondary N) is 1. The molecule has 178 valence electrons. The van der Waals surface area contributed by atoms with Gasteiger partial charge in [0.25, 0.3) is 5.91 Å². The fraction of sp³-hybridized carbons (Fsp3) is 0.115. The highest BCUT2D eigenvalue weighted by atomic mass is 79.9. The SMILES string of the molecule is COc1cc(/C=C2\SC(=Nc3ccc(Br)cc3C)NC2=O)ccc1OCc1cccc(C(=O)O)c1. The van der Waals surface area contributed by atoms with E-state index in [0.29, 0.717) is 21.6 Å². The van der Waals surface area contributed by atoms with Gasteiger partial charge in [-0.3, -0.25) is 4.79 Å². The first-order valence-corrected chi connectivity index (χ1v) is 12.1. The van der Waals surface area contributed by atoms with Crippen LogP contribution >= 0.6 is 27.7 Å². The number of benzene rings is 3. The third-order valence-corrected chi connectivity index (χ3v) is 6.49. The third kappa shape index (κ3) is 6.12. The molecule has 1 amide bonds. The number of thioether (sulfide) groups is 1. The van der Waals surface area contributed by atoms with Crippen LogP contribution in [-0.2, 0) is 11.4 Å². The minimum absolute atomic E-state index is 0.186. The van der Waals surface area contributed by atoms with Gasteiger partial charge in [0.1, 0.15) is 6.61 Å². The van der Waals surface area contributed by atoms with Gasteiger partial charge in [0.2, 0.25) is 0 Å². The Morgan fingerprint density at radius 3 is 2.71 bits per heavy atom. The molecule has 3 aromatic carbocycles. The standard InChI is InChI=1S/C26H21BrN2O5S/c1-15-10-19(27)7-8-20(15)28-26-29-24(30)23(35-26)13-16-6-9-21(22(12-16)33-2)34-14-17-4-3-5-18(11-17)25(31)32/h3-13H,14H2,1-2H3,(H,31,32)(H,28,29,30)/b23-13-. The monoisotopic (exact) mass is 552 g/mol. The summed E-state index contributed by atoms with van der Waals surface area (Å²) in [5, 5.41) is 12.5. The highest BCUT2D eigenvalue weighted by Gasteiger charge is 2.24. The molecule has 0 bridgehead atoms. The number of methoxy groups -OCH3 is 1. The summed E-state index contributed by atoms with van der Waals surface area (Å²) in [4.78, 5) is 28.7. The van der Waals surface area contributed by atoms with Gasteiger partial charge in [0.15, 0.2) is 16.7 Å². The van der Waals surface area contributed by atoms with Crippen LogP contribution in [0.15, 0.2) is 75.0 Å². The number of ether oxygens (including phenoxy) is 2. The first-order valence-electron chi connectivity index (χ1n) is 10.5. The minimum atomic E-state index is -0.990. The van der Waals surface area contributed by atoms with Crippen LogP contribution in [0, 0.1) is 6.92 Å². The number of carbonyl (C=O) groups excluding carboxylic acids is 1. The number of aliphatic imine (C=N–C) groups is 1. The maximum absolute atomic E-state index is 12.5. The number of amides is 1. The van der Waals surface area contributed by atoms with Crippen molar-refractivity contribution in [1.82, 2.24) is 5.32 Å². The molecule has 1 aliphatic heterocycles. The van der Waals surface area contributed by atoms with Gasteiger partial charge in [-0.2, -0.15) is 0 Å². The van der Waals surface area contributed by atoms with Crippen molar-refractivity contribution >= 4 is 56.5 Å². The van der Waals surface area contributed by atoms with Gasteiger partial charge in [0.05, 0.1) is 23.3 Å². The molecule has 0 spiro atoms. The van der Waals surface area contributed by atoms with Gasteiger partial charge >= 0.3 is 5.97 Å². The second-order valence-corrected chi connectivity index (χ2v) is 9.56. The van der Waals surface area contributed by atoms with Crippen molar-refractivity contribution in [3.63, 3.8) is 0 Å². The molecule has 1 heterocycles. The average molecular weight is 553 g/mol. The second kappa shape index (κ2) is 10.8. The Labute approximate surface area is 215 Å². The number of nitrogens with zero attached hydrogens (tertiary/aromatic N) is 1.